The number of carbonyl (C=O) groups excluding carboxylic acids is 1. The van der Waals surface area contributed by atoms with Crippen molar-refractivity contribution >= 4 is 39.8 Å². The van der Waals surface area contributed by atoms with Crippen molar-refractivity contribution in [2.45, 2.75) is 52.1 Å². The van der Waals surface area contributed by atoms with E-state index in [4.69, 9.17) is 16.3 Å². The standard InChI is InChI=1S/C32H35ClFN9O2/c1-19-22(5-6-26(34)38-19)29(25-17-43(41-40-25)32(7-8-32)30(44)42-9-11-45-12-10-42)39-21-13-23-27(37-18-31(2,3)4)20(15-35)16-36-28(23)24(33)14-21/h5-6,13-14,16-17,29,39H,7-12,18H2,1-4H3,(H,36,37). The van der Waals surface area contributed by atoms with E-state index in [2.05, 4.69) is 57.8 Å². The van der Waals surface area contributed by atoms with Crippen LogP contribution in [0.15, 0.2) is 36.7 Å². The van der Waals surface area contributed by atoms with Crippen LogP contribution in [-0.4, -0.2) is 68.6 Å². The van der Waals surface area contributed by atoms with E-state index >= 15 is 0 Å². The number of pyridine rings is 2. The maximum absolute atomic E-state index is 14.1. The monoisotopic (exact) mass is 631 g/mol. The molecule has 0 radical (unpaired) electrons. The first-order valence-electron chi connectivity index (χ1n) is 14.9. The van der Waals surface area contributed by atoms with Crippen LogP contribution >= 0.6 is 11.6 Å². The third kappa shape index (κ3) is 6.15. The van der Waals surface area contributed by atoms with Gasteiger partial charge in [0.15, 0.2) is 0 Å². The molecule has 1 amide bonds. The van der Waals surface area contributed by atoms with Crippen LogP contribution < -0.4 is 10.6 Å². The number of fused-ring (bicyclic) bond motifs is 1. The lowest BCUT2D eigenvalue weighted by Crippen LogP contribution is -2.47. The molecule has 3 aromatic heterocycles. The van der Waals surface area contributed by atoms with E-state index in [-0.39, 0.29) is 11.3 Å². The SMILES string of the molecule is Cc1nc(F)ccc1C(Nc1cc(Cl)c2ncc(C#N)c(NCC(C)(C)C)c2c1)c1cn(C2(C(=O)N3CCOCC3)CC2)nn1. The molecular formula is C32H35ClFN9O2. The van der Waals surface area contributed by atoms with Gasteiger partial charge in [0.1, 0.15) is 17.3 Å². The molecule has 0 bridgehead atoms. The number of amides is 1. The van der Waals surface area contributed by atoms with Crippen molar-refractivity contribution in [3.63, 3.8) is 0 Å². The number of halogens is 2. The molecule has 0 spiro atoms. The van der Waals surface area contributed by atoms with Gasteiger partial charge in [-0.05, 0) is 43.4 Å². The van der Waals surface area contributed by atoms with E-state index in [1.165, 1.54) is 12.3 Å². The number of nitriles is 1. The molecule has 234 valence electrons. The number of nitrogens with zero attached hydrogens (tertiary/aromatic N) is 7. The first-order valence-corrected chi connectivity index (χ1v) is 15.3. The predicted molar refractivity (Wildman–Crippen MR) is 168 cm³/mol. The number of benzene rings is 1. The number of anilines is 2. The summed E-state index contributed by atoms with van der Waals surface area (Å²) in [6.07, 6.45) is 4.63. The van der Waals surface area contributed by atoms with E-state index in [0.717, 1.165) is 0 Å². The van der Waals surface area contributed by atoms with Gasteiger partial charge in [-0.15, -0.1) is 5.10 Å². The second-order valence-corrected chi connectivity index (χ2v) is 13.2. The number of nitrogens with one attached hydrogen (secondary N) is 2. The lowest BCUT2D eigenvalue weighted by Gasteiger charge is -2.30. The summed E-state index contributed by atoms with van der Waals surface area (Å²) in [5.74, 6) is -0.575. The Bertz CT molecular complexity index is 1800. The first kappa shape index (κ1) is 30.7. The highest BCUT2D eigenvalue weighted by atomic mass is 35.5. The summed E-state index contributed by atoms with van der Waals surface area (Å²) in [5.41, 5.74) is 3.07. The fourth-order valence-electron chi connectivity index (χ4n) is 5.63. The third-order valence-corrected chi connectivity index (χ3v) is 8.51. The number of aromatic nitrogens is 5. The topological polar surface area (TPSA) is 134 Å². The minimum atomic E-state index is -0.775. The summed E-state index contributed by atoms with van der Waals surface area (Å²) in [6, 6.07) is 8.22. The van der Waals surface area contributed by atoms with E-state index in [1.807, 2.05) is 11.0 Å². The van der Waals surface area contributed by atoms with Crippen molar-refractivity contribution in [3.05, 3.63) is 70.1 Å². The summed E-state index contributed by atoms with van der Waals surface area (Å²) in [6.45, 7) is 10.8. The van der Waals surface area contributed by atoms with E-state index in [1.54, 1.807) is 29.9 Å². The van der Waals surface area contributed by atoms with Gasteiger partial charge in [-0.1, -0.05) is 43.7 Å². The fourth-order valence-corrected chi connectivity index (χ4v) is 5.90. The van der Waals surface area contributed by atoms with E-state index in [9.17, 15) is 14.4 Å². The molecule has 2 fully saturated rings. The number of hydrogen-bond acceptors (Lipinski definition) is 9. The molecule has 1 saturated carbocycles. The lowest BCUT2D eigenvalue weighted by atomic mass is 9.96. The molecule has 2 aliphatic rings. The summed E-state index contributed by atoms with van der Waals surface area (Å²) in [7, 11) is 0. The molecule has 2 N–H and O–H groups in total. The maximum Gasteiger partial charge on any atom is 0.250 e. The van der Waals surface area contributed by atoms with Crippen LogP contribution in [0.2, 0.25) is 5.02 Å². The zero-order valence-electron chi connectivity index (χ0n) is 25.7. The van der Waals surface area contributed by atoms with Crippen molar-refractivity contribution < 1.29 is 13.9 Å². The third-order valence-electron chi connectivity index (χ3n) is 8.22. The highest BCUT2D eigenvalue weighted by Gasteiger charge is 2.55. The van der Waals surface area contributed by atoms with Gasteiger partial charge in [0.2, 0.25) is 5.95 Å². The van der Waals surface area contributed by atoms with Crippen molar-refractivity contribution in [2.75, 3.05) is 43.5 Å². The maximum atomic E-state index is 14.1. The zero-order valence-corrected chi connectivity index (χ0v) is 26.5. The van der Waals surface area contributed by atoms with Gasteiger partial charge in [0.05, 0.1) is 47.2 Å². The molecule has 4 heterocycles. The van der Waals surface area contributed by atoms with Crippen molar-refractivity contribution in [1.82, 2.24) is 29.9 Å². The summed E-state index contributed by atoms with van der Waals surface area (Å²) in [4.78, 5) is 23.9. The van der Waals surface area contributed by atoms with Crippen LogP contribution in [0.25, 0.3) is 10.9 Å². The molecule has 1 aliphatic heterocycles. The number of carbonyl (C=O) groups is 1. The molecular weight excluding hydrogens is 597 g/mol. The Hall–Kier alpha value is -4.34. The lowest BCUT2D eigenvalue weighted by molar-refractivity contribution is -0.140. The second kappa shape index (κ2) is 11.9. The van der Waals surface area contributed by atoms with Crippen LogP contribution in [-0.2, 0) is 15.1 Å². The second-order valence-electron chi connectivity index (χ2n) is 12.8. The zero-order chi connectivity index (χ0) is 31.9. The van der Waals surface area contributed by atoms with Gasteiger partial charge in [0, 0.05) is 48.2 Å². The van der Waals surface area contributed by atoms with Gasteiger partial charge in [-0.25, -0.2) is 9.67 Å². The smallest absolute Gasteiger partial charge is 0.250 e. The average molecular weight is 632 g/mol. The van der Waals surface area contributed by atoms with E-state index in [0.29, 0.717) is 95.5 Å². The Morgan fingerprint density at radius 3 is 2.67 bits per heavy atom. The van der Waals surface area contributed by atoms with Gasteiger partial charge < -0.3 is 20.3 Å². The first-order chi connectivity index (χ1) is 21.5. The molecule has 1 saturated heterocycles. The Labute approximate surface area is 265 Å². The molecule has 1 aromatic carbocycles. The summed E-state index contributed by atoms with van der Waals surface area (Å²) < 4.78 is 21.2. The molecule has 13 heteroatoms. The molecule has 6 rings (SSSR count). The van der Waals surface area contributed by atoms with Crippen LogP contribution in [0.5, 0.6) is 0 Å². The average Bonchev–Trinajstić information content (AvgIpc) is 3.67. The molecule has 1 aliphatic carbocycles. The Morgan fingerprint density at radius 2 is 2.00 bits per heavy atom. The number of morpholine rings is 1. The quantitative estimate of drug-likeness (QED) is 0.252. The molecule has 1 unspecified atom stereocenters. The van der Waals surface area contributed by atoms with Crippen LogP contribution in [0, 0.1) is 29.6 Å². The van der Waals surface area contributed by atoms with Gasteiger partial charge in [-0.2, -0.15) is 9.65 Å². The minimum absolute atomic E-state index is 0.0174. The van der Waals surface area contributed by atoms with Gasteiger partial charge >= 0.3 is 0 Å². The molecule has 11 nitrogen and oxygen atoms in total. The number of rotatable bonds is 8. The normalized spacial score (nSPS) is 16.7. The number of ether oxygens (including phenoxy) is 1. The fraction of sp³-hybridized carbons (Fsp3) is 0.438. The largest absolute Gasteiger partial charge is 0.383 e. The van der Waals surface area contributed by atoms with Crippen LogP contribution in [0.4, 0.5) is 15.8 Å². The predicted octanol–water partition coefficient (Wildman–Crippen LogP) is 5.20. The van der Waals surface area contributed by atoms with Crippen molar-refractivity contribution in [3.8, 4) is 6.07 Å². The summed E-state index contributed by atoms with van der Waals surface area (Å²) in [5, 5.41) is 26.8. The Balaban J connectivity index is 1.40. The molecule has 45 heavy (non-hydrogen) atoms. The summed E-state index contributed by atoms with van der Waals surface area (Å²) >= 11 is 6.77. The van der Waals surface area contributed by atoms with E-state index < -0.39 is 17.5 Å². The van der Waals surface area contributed by atoms with Gasteiger partial charge in [0.25, 0.3) is 5.91 Å². The Morgan fingerprint density at radius 1 is 1.24 bits per heavy atom. The highest BCUT2D eigenvalue weighted by molar-refractivity contribution is 6.35. The van der Waals surface area contributed by atoms with Gasteiger partial charge in [-0.3, -0.25) is 9.78 Å². The number of hydrogen-bond donors (Lipinski definition) is 2. The molecule has 4 aromatic rings. The molecule has 1 atom stereocenters. The van der Waals surface area contributed by atoms with Crippen LogP contribution in [0.1, 0.15) is 62.2 Å². The number of aryl methyl sites for hydroxylation is 1. The van der Waals surface area contributed by atoms with Crippen molar-refractivity contribution in [1.29, 1.82) is 5.26 Å². The highest BCUT2D eigenvalue weighted by Crippen LogP contribution is 2.45. The van der Waals surface area contributed by atoms with Crippen LogP contribution in [0.3, 0.4) is 0 Å². The van der Waals surface area contributed by atoms with Crippen molar-refractivity contribution in [2.24, 2.45) is 5.41 Å². The Kier molecular flexibility index (Phi) is 8.09. The minimum Gasteiger partial charge on any atom is -0.383 e.